The van der Waals surface area contributed by atoms with Gasteiger partial charge >= 0.3 is 5.97 Å². The summed E-state index contributed by atoms with van der Waals surface area (Å²) in [4.78, 5) is 21.1. The molecule has 3 rings (SSSR count). The van der Waals surface area contributed by atoms with Crippen LogP contribution < -0.4 is 9.80 Å². The quantitative estimate of drug-likeness (QED) is 0.789. The Kier molecular flexibility index (Phi) is 4.77. The van der Waals surface area contributed by atoms with Gasteiger partial charge in [-0.1, -0.05) is 0 Å². The Hall–Kier alpha value is -1.82. The summed E-state index contributed by atoms with van der Waals surface area (Å²) in [5, 5.41) is 0. The molecule has 0 aromatic carbocycles. The van der Waals surface area contributed by atoms with E-state index in [-0.39, 0.29) is 5.97 Å². The minimum absolute atomic E-state index is 0.350. The maximum atomic E-state index is 12.2. The summed E-state index contributed by atoms with van der Waals surface area (Å²) in [7, 11) is 0. The van der Waals surface area contributed by atoms with E-state index in [1.54, 1.807) is 6.20 Å². The summed E-state index contributed by atoms with van der Waals surface area (Å²) in [6, 6.07) is 2.08. The van der Waals surface area contributed by atoms with Crippen molar-refractivity contribution in [1.82, 2.24) is 4.98 Å². The Morgan fingerprint density at radius 2 is 1.95 bits per heavy atom. The van der Waals surface area contributed by atoms with E-state index in [2.05, 4.69) is 20.9 Å². The average molecular weight is 305 g/mol. The molecule has 0 atom stereocenters. The smallest absolute Gasteiger partial charge is 0.359 e. The van der Waals surface area contributed by atoms with Gasteiger partial charge in [-0.15, -0.1) is 0 Å². The zero-order valence-corrected chi connectivity index (χ0v) is 13.1. The van der Waals surface area contributed by atoms with Crippen molar-refractivity contribution >= 4 is 17.3 Å². The van der Waals surface area contributed by atoms with Gasteiger partial charge in [0.1, 0.15) is 0 Å². The van der Waals surface area contributed by atoms with E-state index in [1.807, 2.05) is 6.92 Å². The van der Waals surface area contributed by atoms with Crippen LogP contribution in [0, 0.1) is 0 Å². The number of carbonyl (C=O) groups is 1. The second-order valence-corrected chi connectivity index (χ2v) is 5.58. The Balaban J connectivity index is 1.92. The molecule has 3 heterocycles. The van der Waals surface area contributed by atoms with Gasteiger partial charge in [-0.2, -0.15) is 0 Å². The second kappa shape index (κ2) is 6.96. The number of carbonyl (C=O) groups excluding carboxylic acids is 1. The van der Waals surface area contributed by atoms with Crippen molar-refractivity contribution in [3.05, 3.63) is 18.0 Å². The Morgan fingerprint density at radius 3 is 2.64 bits per heavy atom. The number of hydrogen-bond donors (Lipinski definition) is 0. The van der Waals surface area contributed by atoms with Gasteiger partial charge in [0.25, 0.3) is 0 Å². The fraction of sp³-hybridized carbons (Fsp3) is 0.625. The van der Waals surface area contributed by atoms with E-state index in [0.29, 0.717) is 25.5 Å². The predicted molar refractivity (Wildman–Crippen MR) is 84.7 cm³/mol. The summed E-state index contributed by atoms with van der Waals surface area (Å²) in [5.41, 5.74) is 2.37. The molecule has 0 N–H and O–H groups in total. The van der Waals surface area contributed by atoms with Gasteiger partial charge < -0.3 is 19.3 Å². The van der Waals surface area contributed by atoms with Crippen LogP contribution in [0.1, 0.15) is 30.3 Å². The van der Waals surface area contributed by atoms with Gasteiger partial charge in [0, 0.05) is 26.2 Å². The van der Waals surface area contributed by atoms with Crippen LogP contribution in [-0.2, 0) is 9.47 Å². The first-order chi connectivity index (χ1) is 10.8. The number of esters is 1. The Labute approximate surface area is 131 Å². The van der Waals surface area contributed by atoms with Crippen molar-refractivity contribution in [2.45, 2.75) is 19.8 Å². The molecule has 0 spiro atoms. The number of hydrogen-bond acceptors (Lipinski definition) is 6. The molecule has 0 unspecified atom stereocenters. The minimum atomic E-state index is -0.350. The van der Waals surface area contributed by atoms with Gasteiger partial charge in [-0.05, 0) is 25.8 Å². The average Bonchev–Trinajstić information content (AvgIpc) is 3.10. The number of morpholine rings is 1. The van der Waals surface area contributed by atoms with Gasteiger partial charge in [0.05, 0.1) is 37.4 Å². The van der Waals surface area contributed by atoms with Crippen molar-refractivity contribution in [1.29, 1.82) is 0 Å². The van der Waals surface area contributed by atoms with Crippen LogP contribution in [0.5, 0.6) is 0 Å². The van der Waals surface area contributed by atoms with Gasteiger partial charge in [-0.25, -0.2) is 9.78 Å². The minimum Gasteiger partial charge on any atom is -0.461 e. The number of rotatable bonds is 4. The summed E-state index contributed by atoms with van der Waals surface area (Å²) >= 11 is 0. The fourth-order valence-electron chi connectivity index (χ4n) is 2.99. The molecule has 2 fully saturated rings. The molecule has 0 bridgehead atoms. The molecule has 0 saturated carbocycles. The molecule has 120 valence electrons. The first kappa shape index (κ1) is 15.1. The lowest BCUT2D eigenvalue weighted by atomic mass is 10.2. The normalized spacial score (nSPS) is 18.6. The number of aromatic nitrogens is 1. The third-order valence-electron chi connectivity index (χ3n) is 4.14. The summed E-state index contributed by atoms with van der Waals surface area (Å²) < 4.78 is 10.6. The van der Waals surface area contributed by atoms with Crippen molar-refractivity contribution in [2.24, 2.45) is 0 Å². The molecule has 0 radical (unpaired) electrons. The van der Waals surface area contributed by atoms with E-state index in [9.17, 15) is 4.79 Å². The highest BCUT2D eigenvalue weighted by molar-refractivity contribution is 5.94. The number of nitrogens with zero attached hydrogens (tertiary/aromatic N) is 3. The Bertz CT molecular complexity index is 523. The van der Waals surface area contributed by atoms with Crippen LogP contribution in [0.15, 0.2) is 12.3 Å². The van der Waals surface area contributed by atoms with Crippen molar-refractivity contribution in [2.75, 3.05) is 55.8 Å². The molecule has 0 aliphatic carbocycles. The SMILES string of the molecule is CCOC(=O)c1ncc(N2CCCC2)cc1N1CCOCC1. The first-order valence-electron chi connectivity index (χ1n) is 8.04. The molecule has 1 aromatic heterocycles. The first-order valence-corrected chi connectivity index (χ1v) is 8.04. The number of anilines is 2. The van der Waals surface area contributed by atoms with Crippen LogP contribution in [-0.4, -0.2) is 57.0 Å². The summed E-state index contributed by atoms with van der Waals surface area (Å²) in [6.45, 7) is 7.19. The highest BCUT2D eigenvalue weighted by Gasteiger charge is 2.23. The van der Waals surface area contributed by atoms with E-state index in [0.717, 1.165) is 37.6 Å². The summed E-state index contributed by atoms with van der Waals surface area (Å²) in [5.74, 6) is -0.350. The van der Waals surface area contributed by atoms with Crippen LogP contribution in [0.25, 0.3) is 0 Å². The van der Waals surface area contributed by atoms with E-state index < -0.39 is 0 Å². The van der Waals surface area contributed by atoms with Crippen molar-refractivity contribution in [3.8, 4) is 0 Å². The lowest BCUT2D eigenvalue weighted by molar-refractivity contribution is 0.0519. The molecule has 2 aliphatic heterocycles. The highest BCUT2D eigenvalue weighted by atomic mass is 16.5. The molecule has 6 heteroatoms. The fourth-order valence-corrected chi connectivity index (χ4v) is 2.99. The summed E-state index contributed by atoms with van der Waals surface area (Å²) in [6.07, 6.45) is 4.22. The molecule has 6 nitrogen and oxygen atoms in total. The largest absolute Gasteiger partial charge is 0.461 e. The van der Waals surface area contributed by atoms with E-state index >= 15 is 0 Å². The number of ether oxygens (including phenoxy) is 2. The van der Waals surface area contributed by atoms with Gasteiger partial charge in [-0.3, -0.25) is 0 Å². The van der Waals surface area contributed by atoms with Crippen LogP contribution >= 0.6 is 0 Å². The Morgan fingerprint density at radius 1 is 1.23 bits per heavy atom. The zero-order chi connectivity index (χ0) is 15.4. The van der Waals surface area contributed by atoms with Crippen molar-refractivity contribution < 1.29 is 14.3 Å². The molecular weight excluding hydrogens is 282 g/mol. The van der Waals surface area contributed by atoms with Crippen LogP contribution in [0.3, 0.4) is 0 Å². The second-order valence-electron chi connectivity index (χ2n) is 5.58. The van der Waals surface area contributed by atoms with E-state index in [4.69, 9.17) is 9.47 Å². The predicted octanol–water partition coefficient (Wildman–Crippen LogP) is 1.70. The lowest BCUT2D eigenvalue weighted by Crippen LogP contribution is -2.37. The standard InChI is InChI=1S/C16H23N3O3/c1-2-22-16(20)15-14(19-7-9-21-10-8-19)11-13(12-17-15)18-5-3-4-6-18/h11-12H,2-10H2,1H3. The lowest BCUT2D eigenvalue weighted by Gasteiger charge is -2.30. The van der Waals surface area contributed by atoms with Crippen molar-refractivity contribution in [3.63, 3.8) is 0 Å². The maximum Gasteiger partial charge on any atom is 0.359 e. The molecule has 2 saturated heterocycles. The third-order valence-corrected chi connectivity index (χ3v) is 4.14. The zero-order valence-electron chi connectivity index (χ0n) is 13.1. The van der Waals surface area contributed by atoms with Gasteiger partial charge in [0.15, 0.2) is 5.69 Å². The molecule has 0 amide bonds. The molecule has 22 heavy (non-hydrogen) atoms. The maximum absolute atomic E-state index is 12.2. The highest BCUT2D eigenvalue weighted by Crippen LogP contribution is 2.28. The monoisotopic (exact) mass is 305 g/mol. The molecule has 2 aliphatic rings. The van der Waals surface area contributed by atoms with Crippen LogP contribution in [0.2, 0.25) is 0 Å². The van der Waals surface area contributed by atoms with E-state index in [1.165, 1.54) is 12.8 Å². The van der Waals surface area contributed by atoms with Crippen LogP contribution in [0.4, 0.5) is 11.4 Å². The third kappa shape index (κ3) is 3.16. The molecule has 1 aromatic rings. The molecular formula is C16H23N3O3. The van der Waals surface area contributed by atoms with Gasteiger partial charge in [0.2, 0.25) is 0 Å². The number of pyridine rings is 1. The topological polar surface area (TPSA) is 54.9 Å².